The third kappa shape index (κ3) is 5.18. The molecule has 1 N–H and O–H groups in total. The summed E-state index contributed by atoms with van der Waals surface area (Å²) in [6.07, 6.45) is 1.32. The van der Waals surface area contributed by atoms with Crippen molar-refractivity contribution in [1.29, 1.82) is 10.5 Å². The van der Waals surface area contributed by atoms with Crippen LogP contribution in [0, 0.1) is 22.7 Å². The summed E-state index contributed by atoms with van der Waals surface area (Å²) in [6, 6.07) is 11.0. The van der Waals surface area contributed by atoms with E-state index in [-0.39, 0.29) is 50.1 Å². The van der Waals surface area contributed by atoms with Gasteiger partial charge in [0.1, 0.15) is 12.1 Å². The van der Waals surface area contributed by atoms with Gasteiger partial charge in [-0.3, -0.25) is 0 Å². The molecule has 0 heterocycles. The fourth-order valence-electron chi connectivity index (χ4n) is 2.88. The third-order valence-electron chi connectivity index (χ3n) is 4.61. The van der Waals surface area contributed by atoms with E-state index in [2.05, 4.69) is 4.72 Å². The number of sulfonamides is 2. The van der Waals surface area contributed by atoms with Crippen LogP contribution in [0.2, 0.25) is 10.0 Å². The van der Waals surface area contributed by atoms with Crippen molar-refractivity contribution in [2.24, 2.45) is 0 Å². The van der Waals surface area contributed by atoms with E-state index in [1.165, 1.54) is 34.6 Å². The van der Waals surface area contributed by atoms with E-state index in [1.54, 1.807) is 0 Å². The molecule has 0 aliphatic heterocycles. The molecule has 31 heavy (non-hydrogen) atoms. The standard InChI is InChI=1S/C19H16Cl2N4O4S2/c20-18-5-3-16(9-13(18)11-22)30(26,27)24-7-8-25(15-1-2-15)31(28,29)17-4-6-19(21)14(10-17)12-23/h3-6,9-10,15,24H,1-2,7-8H2. The monoisotopic (exact) mass is 498 g/mol. The van der Waals surface area contributed by atoms with Crippen LogP contribution in [0.15, 0.2) is 46.2 Å². The summed E-state index contributed by atoms with van der Waals surface area (Å²) in [5.41, 5.74) is 0.0537. The average Bonchev–Trinajstić information content (AvgIpc) is 3.56. The first-order valence-electron chi connectivity index (χ1n) is 9.01. The number of hydrogen-bond donors (Lipinski definition) is 1. The summed E-state index contributed by atoms with van der Waals surface area (Å²) >= 11 is 11.7. The molecule has 3 rings (SSSR count). The fourth-order valence-corrected chi connectivity index (χ4v) is 5.96. The Kier molecular flexibility index (Phi) is 6.92. The molecule has 12 heteroatoms. The number of hydrogen-bond acceptors (Lipinski definition) is 6. The Morgan fingerprint density at radius 1 is 0.935 bits per heavy atom. The molecular weight excluding hydrogens is 483 g/mol. The molecule has 8 nitrogen and oxygen atoms in total. The number of nitrogens with one attached hydrogen (secondary N) is 1. The fraction of sp³-hybridized carbons (Fsp3) is 0.263. The predicted octanol–water partition coefficient (Wildman–Crippen LogP) is 2.87. The quantitative estimate of drug-likeness (QED) is 0.594. The molecule has 1 aliphatic rings. The Hall–Kier alpha value is -2.18. The SMILES string of the molecule is N#Cc1cc(S(=O)(=O)NCCN(C2CC2)S(=O)(=O)c2ccc(Cl)c(C#N)c2)ccc1Cl. The predicted molar refractivity (Wildman–Crippen MR) is 114 cm³/mol. The lowest BCUT2D eigenvalue weighted by molar-refractivity contribution is 0.406. The van der Waals surface area contributed by atoms with Gasteiger partial charge in [0.05, 0.1) is 31.0 Å². The lowest BCUT2D eigenvalue weighted by Gasteiger charge is -2.22. The topological polar surface area (TPSA) is 131 Å². The highest BCUT2D eigenvalue weighted by Gasteiger charge is 2.38. The number of nitrogens with zero attached hydrogens (tertiary/aromatic N) is 3. The van der Waals surface area contributed by atoms with Crippen molar-refractivity contribution in [2.45, 2.75) is 28.7 Å². The van der Waals surface area contributed by atoms with Crippen molar-refractivity contribution in [3.05, 3.63) is 57.6 Å². The van der Waals surface area contributed by atoms with Crippen LogP contribution >= 0.6 is 23.2 Å². The number of halogens is 2. The second-order valence-electron chi connectivity index (χ2n) is 6.75. The molecule has 2 aromatic carbocycles. The van der Waals surface area contributed by atoms with Crippen molar-refractivity contribution in [3.8, 4) is 12.1 Å². The molecule has 0 unspecified atom stereocenters. The van der Waals surface area contributed by atoms with Crippen LogP contribution in [0.1, 0.15) is 24.0 Å². The van der Waals surface area contributed by atoms with Gasteiger partial charge in [0.25, 0.3) is 0 Å². The Bertz CT molecular complexity index is 1310. The van der Waals surface area contributed by atoms with Crippen LogP contribution in [0.5, 0.6) is 0 Å². The van der Waals surface area contributed by atoms with Crippen molar-refractivity contribution in [3.63, 3.8) is 0 Å². The molecular formula is C19H16Cl2N4O4S2. The zero-order valence-electron chi connectivity index (χ0n) is 15.9. The van der Waals surface area contributed by atoms with Gasteiger partial charge in [0, 0.05) is 19.1 Å². The summed E-state index contributed by atoms with van der Waals surface area (Å²) in [4.78, 5) is -0.231. The smallest absolute Gasteiger partial charge is 0.210 e. The van der Waals surface area contributed by atoms with Gasteiger partial charge in [0.15, 0.2) is 0 Å². The van der Waals surface area contributed by atoms with Crippen LogP contribution in [-0.2, 0) is 20.0 Å². The van der Waals surface area contributed by atoms with Gasteiger partial charge >= 0.3 is 0 Å². The van der Waals surface area contributed by atoms with Crippen molar-refractivity contribution < 1.29 is 16.8 Å². The Morgan fingerprint density at radius 2 is 1.45 bits per heavy atom. The van der Waals surface area contributed by atoms with Crippen LogP contribution < -0.4 is 4.72 Å². The maximum atomic E-state index is 13.1. The van der Waals surface area contributed by atoms with Crippen LogP contribution in [-0.4, -0.2) is 40.3 Å². The first kappa shape index (κ1) is 23.5. The zero-order chi connectivity index (χ0) is 22.8. The van der Waals surface area contributed by atoms with Gasteiger partial charge in [-0.2, -0.15) is 14.8 Å². The zero-order valence-corrected chi connectivity index (χ0v) is 19.1. The average molecular weight is 499 g/mol. The minimum atomic E-state index is -3.98. The summed E-state index contributed by atoms with van der Waals surface area (Å²) in [5.74, 6) is 0. The van der Waals surface area contributed by atoms with Gasteiger partial charge in [-0.05, 0) is 49.2 Å². The van der Waals surface area contributed by atoms with E-state index in [1.807, 2.05) is 12.1 Å². The molecule has 0 saturated heterocycles. The first-order chi connectivity index (χ1) is 14.6. The lowest BCUT2D eigenvalue weighted by atomic mass is 10.2. The summed E-state index contributed by atoms with van der Waals surface area (Å²) < 4.78 is 54.8. The van der Waals surface area contributed by atoms with Gasteiger partial charge in [-0.25, -0.2) is 21.6 Å². The molecule has 2 aromatic rings. The van der Waals surface area contributed by atoms with E-state index < -0.39 is 20.0 Å². The molecule has 0 amide bonds. The highest BCUT2D eigenvalue weighted by atomic mass is 35.5. The lowest BCUT2D eigenvalue weighted by Crippen LogP contribution is -2.40. The minimum absolute atomic E-state index is 0.0164. The van der Waals surface area contributed by atoms with Crippen LogP contribution in [0.3, 0.4) is 0 Å². The van der Waals surface area contributed by atoms with Crippen molar-refractivity contribution in [1.82, 2.24) is 9.03 Å². The maximum Gasteiger partial charge on any atom is 0.243 e. The van der Waals surface area contributed by atoms with Gasteiger partial charge in [-0.15, -0.1) is 0 Å². The van der Waals surface area contributed by atoms with Gasteiger partial charge in [-0.1, -0.05) is 23.2 Å². The molecule has 162 valence electrons. The van der Waals surface area contributed by atoms with E-state index in [4.69, 9.17) is 33.7 Å². The summed E-state index contributed by atoms with van der Waals surface area (Å²) in [7, 11) is -7.94. The minimum Gasteiger partial charge on any atom is -0.210 e. The second kappa shape index (κ2) is 9.13. The normalized spacial score (nSPS) is 14.2. The Labute approximate surface area is 190 Å². The van der Waals surface area contributed by atoms with E-state index >= 15 is 0 Å². The number of nitriles is 2. The van der Waals surface area contributed by atoms with Crippen molar-refractivity contribution >= 4 is 43.2 Å². The molecule has 1 aliphatic carbocycles. The molecule has 0 radical (unpaired) electrons. The Balaban J connectivity index is 1.77. The Morgan fingerprint density at radius 3 is 1.97 bits per heavy atom. The van der Waals surface area contributed by atoms with Gasteiger partial charge in [0.2, 0.25) is 20.0 Å². The first-order valence-corrected chi connectivity index (χ1v) is 12.7. The molecule has 0 bridgehead atoms. The molecule has 0 spiro atoms. The molecule has 1 saturated carbocycles. The van der Waals surface area contributed by atoms with Crippen molar-refractivity contribution in [2.75, 3.05) is 13.1 Å². The third-order valence-corrected chi connectivity index (χ3v) is 8.68. The summed E-state index contributed by atoms with van der Waals surface area (Å²) in [6.45, 7) is -0.281. The van der Waals surface area contributed by atoms with Crippen LogP contribution in [0.4, 0.5) is 0 Å². The number of benzene rings is 2. The van der Waals surface area contributed by atoms with E-state index in [9.17, 15) is 16.8 Å². The maximum absolute atomic E-state index is 13.1. The molecule has 0 aromatic heterocycles. The van der Waals surface area contributed by atoms with E-state index in [0.717, 1.165) is 6.07 Å². The largest absolute Gasteiger partial charge is 0.243 e. The molecule has 0 atom stereocenters. The summed E-state index contributed by atoms with van der Waals surface area (Å²) in [5, 5.41) is 18.4. The highest BCUT2D eigenvalue weighted by Crippen LogP contribution is 2.32. The van der Waals surface area contributed by atoms with Gasteiger partial charge < -0.3 is 0 Å². The molecule has 1 fully saturated rings. The second-order valence-corrected chi connectivity index (χ2v) is 11.2. The van der Waals surface area contributed by atoms with E-state index in [0.29, 0.717) is 12.8 Å². The number of rotatable bonds is 8. The van der Waals surface area contributed by atoms with Crippen LogP contribution in [0.25, 0.3) is 0 Å². The highest BCUT2D eigenvalue weighted by molar-refractivity contribution is 7.89.